The molecule has 2 heterocycles. The summed E-state index contributed by atoms with van der Waals surface area (Å²) in [7, 11) is 0. The number of aromatic nitrogens is 3. The number of aromatic amines is 1. The summed E-state index contributed by atoms with van der Waals surface area (Å²) in [5.41, 5.74) is 2.40. The molecule has 0 aliphatic carbocycles. The quantitative estimate of drug-likeness (QED) is 0.666. The van der Waals surface area contributed by atoms with Gasteiger partial charge in [0.1, 0.15) is 0 Å². The third kappa shape index (κ3) is 1.24. The van der Waals surface area contributed by atoms with Gasteiger partial charge in [0.25, 0.3) is 0 Å². The molecule has 0 aliphatic rings. The number of hydrogen-bond donors (Lipinski definition) is 1. The Morgan fingerprint density at radius 3 is 2.62 bits per heavy atom. The number of nitrogens with one attached hydrogen (secondary N) is 1. The molecule has 0 saturated carbocycles. The van der Waals surface area contributed by atoms with Gasteiger partial charge in [0.15, 0.2) is 0 Å². The first kappa shape index (κ1) is 8.91. The fourth-order valence-corrected chi connectivity index (χ4v) is 1.80. The summed E-state index contributed by atoms with van der Waals surface area (Å²) in [6.07, 6.45) is 3.34. The number of fused-ring (bicyclic) bond motifs is 1. The molecular formula is C12H9N3O. The number of para-hydroxylation sites is 2. The van der Waals surface area contributed by atoms with Crippen LogP contribution in [0.25, 0.3) is 16.7 Å². The topological polar surface area (TPSA) is 50.7 Å². The number of nitrogens with zero attached hydrogens (tertiary/aromatic N) is 2. The van der Waals surface area contributed by atoms with Crippen molar-refractivity contribution in [3.05, 3.63) is 59.3 Å². The van der Waals surface area contributed by atoms with E-state index in [1.807, 2.05) is 36.4 Å². The van der Waals surface area contributed by atoms with Gasteiger partial charge in [-0.2, -0.15) is 0 Å². The van der Waals surface area contributed by atoms with Crippen LogP contribution >= 0.6 is 0 Å². The lowest BCUT2D eigenvalue weighted by Crippen LogP contribution is -2.14. The Morgan fingerprint density at radius 2 is 1.81 bits per heavy atom. The molecule has 0 fully saturated rings. The van der Waals surface area contributed by atoms with Crippen LogP contribution in [0.4, 0.5) is 0 Å². The number of benzene rings is 1. The Kier molecular flexibility index (Phi) is 1.86. The molecule has 4 heteroatoms. The van der Waals surface area contributed by atoms with E-state index < -0.39 is 0 Å². The lowest BCUT2D eigenvalue weighted by Gasteiger charge is -2.01. The van der Waals surface area contributed by atoms with Crippen LogP contribution in [-0.2, 0) is 0 Å². The molecule has 0 atom stereocenters. The largest absolute Gasteiger partial charge is 0.331 e. The molecule has 3 aromatic rings. The SMILES string of the molecule is O=c1[nH]c2ccccc2n1-c1ccncc1. The fraction of sp³-hybridized carbons (Fsp3) is 0. The Labute approximate surface area is 91.2 Å². The van der Waals surface area contributed by atoms with Gasteiger partial charge in [0.05, 0.1) is 16.7 Å². The van der Waals surface area contributed by atoms with Crippen LogP contribution in [0.3, 0.4) is 0 Å². The van der Waals surface area contributed by atoms with E-state index in [2.05, 4.69) is 9.97 Å². The second-order valence-electron chi connectivity index (χ2n) is 3.49. The molecule has 0 amide bonds. The van der Waals surface area contributed by atoms with Gasteiger partial charge in [0.2, 0.25) is 0 Å². The lowest BCUT2D eigenvalue weighted by molar-refractivity contribution is 1.01. The van der Waals surface area contributed by atoms with E-state index in [9.17, 15) is 4.79 Å². The minimum Gasteiger partial charge on any atom is -0.305 e. The van der Waals surface area contributed by atoms with E-state index in [-0.39, 0.29) is 5.69 Å². The van der Waals surface area contributed by atoms with Gasteiger partial charge >= 0.3 is 5.69 Å². The molecule has 1 aromatic carbocycles. The molecule has 3 rings (SSSR count). The predicted molar refractivity (Wildman–Crippen MR) is 61.7 cm³/mol. The lowest BCUT2D eigenvalue weighted by atomic mass is 10.3. The van der Waals surface area contributed by atoms with Crippen molar-refractivity contribution in [2.75, 3.05) is 0 Å². The third-order valence-electron chi connectivity index (χ3n) is 2.51. The van der Waals surface area contributed by atoms with Crippen molar-refractivity contribution < 1.29 is 0 Å². The first-order valence-corrected chi connectivity index (χ1v) is 4.96. The third-order valence-corrected chi connectivity index (χ3v) is 2.51. The standard InChI is InChI=1S/C12H9N3O/c16-12-14-10-3-1-2-4-11(10)15(12)9-5-7-13-8-6-9/h1-8H,(H,14,16). The molecule has 4 nitrogen and oxygen atoms in total. The summed E-state index contributed by atoms with van der Waals surface area (Å²) >= 11 is 0. The van der Waals surface area contributed by atoms with Crippen molar-refractivity contribution in [3.63, 3.8) is 0 Å². The molecule has 0 radical (unpaired) electrons. The van der Waals surface area contributed by atoms with Crippen molar-refractivity contribution >= 4 is 11.0 Å². The minimum atomic E-state index is -0.132. The molecule has 16 heavy (non-hydrogen) atoms. The van der Waals surface area contributed by atoms with E-state index in [0.717, 1.165) is 16.7 Å². The predicted octanol–water partition coefficient (Wildman–Crippen LogP) is 1.71. The molecule has 0 saturated heterocycles. The number of H-pyrrole nitrogens is 1. The van der Waals surface area contributed by atoms with Crippen LogP contribution in [0.2, 0.25) is 0 Å². The summed E-state index contributed by atoms with van der Waals surface area (Å²) in [6, 6.07) is 11.2. The average molecular weight is 211 g/mol. The highest BCUT2D eigenvalue weighted by atomic mass is 16.1. The monoisotopic (exact) mass is 211 g/mol. The van der Waals surface area contributed by atoms with Crippen LogP contribution in [0.1, 0.15) is 0 Å². The normalized spacial score (nSPS) is 10.8. The second-order valence-corrected chi connectivity index (χ2v) is 3.49. The van der Waals surface area contributed by atoms with Gasteiger partial charge in [-0.05, 0) is 24.3 Å². The van der Waals surface area contributed by atoms with Crippen LogP contribution in [0.15, 0.2) is 53.6 Å². The summed E-state index contributed by atoms with van der Waals surface area (Å²) in [6.45, 7) is 0. The van der Waals surface area contributed by atoms with E-state index >= 15 is 0 Å². The van der Waals surface area contributed by atoms with E-state index in [1.165, 1.54) is 0 Å². The highest BCUT2D eigenvalue weighted by Gasteiger charge is 2.06. The molecule has 2 aromatic heterocycles. The Bertz CT molecular complexity index is 682. The Morgan fingerprint density at radius 1 is 1.06 bits per heavy atom. The zero-order chi connectivity index (χ0) is 11.0. The minimum absolute atomic E-state index is 0.132. The molecular weight excluding hydrogens is 202 g/mol. The van der Waals surface area contributed by atoms with Gasteiger partial charge in [0, 0.05) is 12.4 Å². The maximum Gasteiger partial charge on any atom is 0.331 e. The van der Waals surface area contributed by atoms with Crippen LogP contribution < -0.4 is 5.69 Å². The number of pyridine rings is 1. The maximum atomic E-state index is 11.8. The van der Waals surface area contributed by atoms with Crippen molar-refractivity contribution in [2.45, 2.75) is 0 Å². The summed E-state index contributed by atoms with van der Waals surface area (Å²) in [4.78, 5) is 18.6. The zero-order valence-corrected chi connectivity index (χ0v) is 8.42. The maximum absolute atomic E-state index is 11.8. The van der Waals surface area contributed by atoms with Gasteiger partial charge in [-0.3, -0.25) is 9.55 Å². The number of hydrogen-bond acceptors (Lipinski definition) is 2. The van der Waals surface area contributed by atoms with Crippen molar-refractivity contribution in [2.24, 2.45) is 0 Å². The Hall–Kier alpha value is -2.36. The number of imidazole rings is 1. The van der Waals surface area contributed by atoms with Crippen LogP contribution in [0.5, 0.6) is 0 Å². The van der Waals surface area contributed by atoms with Gasteiger partial charge in [-0.15, -0.1) is 0 Å². The molecule has 0 unspecified atom stereocenters. The highest BCUT2D eigenvalue weighted by Crippen LogP contribution is 2.13. The van der Waals surface area contributed by atoms with Gasteiger partial charge < -0.3 is 4.98 Å². The average Bonchev–Trinajstić information content (AvgIpc) is 2.66. The molecule has 0 aliphatic heterocycles. The van der Waals surface area contributed by atoms with E-state index in [4.69, 9.17) is 0 Å². The summed E-state index contributed by atoms with van der Waals surface area (Å²) < 4.78 is 1.64. The summed E-state index contributed by atoms with van der Waals surface area (Å²) in [5, 5.41) is 0. The molecule has 78 valence electrons. The van der Waals surface area contributed by atoms with E-state index in [1.54, 1.807) is 17.0 Å². The molecule has 1 N–H and O–H groups in total. The first-order chi connectivity index (χ1) is 7.86. The van der Waals surface area contributed by atoms with Crippen molar-refractivity contribution in [1.29, 1.82) is 0 Å². The number of rotatable bonds is 1. The van der Waals surface area contributed by atoms with Crippen molar-refractivity contribution in [1.82, 2.24) is 14.5 Å². The Balaban J connectivity index is 2.40. The van der Waals surface area contributed by atoms with Gasteiger partial charge in [-0.1, -0.05) is 12.1 Å². The van der Waals surface area contributed by atoms with Gasteiger partial charge in [-0.25, -0.2) is 4.79 Å². The summed E-state index contributed by atoms with van der Waals surface area (Å²) in [5.74, 6) is 0. The van der Waals surface area contributed by atoms with E-state index in [0.29, 0.717) is 0 Å². The fourth-order valence-electron chi connectivity index (χ4n) is 1.80. The van der Waals surface area contributed by atoms with Crippen LogP contribution in [0, 0.1) is 0 Å². The molecule has 0 bridgehead atoms. The highest BCUT2D eigenvalue weighted by molar-refractivity contribution is 5.77. The zero-order valence-electron chi connectivity index (χ0n) is 8.42. The smallest absolute Gasteiger partial charge is 0.305 e. The first-order valence-electron chi connectivity index (χ1n) is 4.96. The van der Waals surface area contributed by atoms with Crippen LogP contribution in [-0.4, -0.2) is 14.5 Å². The second kappa shape index (κ2) is 3.34. The van der Waals surface area contributed by atoms with Crippen molar-refractivity contribution in [3.8, 4) is 5.69 Å². The molecule has 0 spiro atoms.